The van der Waals surface area contributed by atoms with Crippen LogP contribution in [0.25, 0.3) is 22.2 Å². The van der Waals surface area contributed by atoms with Crippen molar-refractivity contribution < 1.29 is 0 Å². The SMILES string of the molecule is c1ccc(-c2cc(Nc3cc(C4CC4)[nH]n3)c3ccccc3n2)cc1. The highest BCUT2D eigenvalue weighted by atomic mass is 15.2. The lowest BCUT2D eigenvalue weighted by molar-refractivity contribution is 0.967. The molecule has 1 fully saturated rings. The molecule has 1 aliphatic rings. The van der Waals surface area contributed by atoms with Crippen LogP contribution in [0.3, 0.4) is 0 Å². The molecule has 0 unspecified atom stereocenters. The molecule has 25 heavy (non-hydrogen) atoms. The number of benzene rings is 2. The van der Waals surface area contributed by atoms with E-state index in [1.165, 1.54) is 18.5 Å². The summed E-state index contributed by atoms with van der Waals surface area (Å²) in [5.41, 5.74) is 5.29. The average molecular weight is 326 g/mol. The lowest BCUT2D eigenvalue weighted by Crippen LogP contribution is -1.95. The number of nitrogens with zero attached hydrogens (tertiary/aromatic N) is 2. The van der Waals surface area contributed by atoms with E-state index in [1.54, 1.807) is 0 Å². The maximum atomic E-state index is 4.82. The summed E-state index contributed by atoms with van der Waals surface area (Å²) in [6, 6.07) is 22.7. The fourth-order valence-electron chi connectivity index (χ4n) is 3.18. The Labute approximate surface area is 145 Å². The zero-order valence-corrected chi connectivity index (χ0v) is 13.7. The van der Waals surface area contributed by atoms with Gasteiger partial charge < -0.3 is 5.32 Å². The zero-order chi connectivity index (χ0) is 16.6. The van der Waals surface area contributed by atoms with Crippen molar-refractivity contribution in [1.82, 2.24) is 15.2 Å². The third kappa shape index (κ3) is 2.76. The molecular formula is C21H18N4. The van der Waals surface area contributed by atoms with E-state index in [0.29, 0.717) is 5.92 Å². The second-order valence-corrected chi connectivity index (χ2v) is 6.55. The fraction of sp³-hybridized carbons (Fsp3) is 0.143. The topological polar surface area (TPSA) is 53.6 Å². The van der Waals surface area contributed by atoms with Crippen LogP contribution in [0.1, 0.15) is 24.5 Å². The highest BCUT2D eigenvalue weighted by Gasteiger charge is 2.25. The van der Waals surface area contributed by atoms with Gasteiger partial charge in [0.2, 0.25) is 0 Å². The molecule has 0 saturated heterocycles. The van der Waals surface area contributed by atoms with E-state index < -0.39 is 0 Å². The Morgan fingerprint density at radius 2 is 1.72 bits per heavy atom. The molecule has 0 amide bonds. The standard InChI is InChI=1S/C21H18N4/c1-2-6-14(7-3-1)18-12-20(16-8-4-5-9-17(16)22-18)23-21-13-19(24-25-21)15-10-11-15/h1-9,12-13,15H,10-11H2,(H2,22,23,24,25). The van der Waals surface area contributed by atoms with Crippen molar-refractivity contribution in [3.05, 3.63) is 72.4 Å². The van der Waals surface area contributed by atoms with Crippen molar-refractivity contribution in [3.8, 4) is 11.3 Å². The normalized spacial score (nSPS) is 13.9. The van der Waals surface area contributed by atoms with Gasteiger partial charge in [0, 0.05) is 28.6 Å². The first-order valence-corrected chi connectivity index (χ1v) is 8.64. The highest BCUT2D eigenvalue weighted by Crippen LogP contribution is 2.40. The van der Waals surface area contributed by atoms with E-state index in [2.05, 4.69) is 45.8 Å². The Kier molecular flexibility index (Phi) is 3.27. The summed E-state index contributed by atoms with van der Waals surface area (Å²) in [4.78, 5) is 4.82. The van der Waals surface area contributed by atoms with Crippen LogP contribution in [-0.4, -0.2) is 15.2 Å². The van der Waals surface area contributed by atoms with E-state index >= 15 is 0 Å². The molecule has 0 aliphatic heterocycles. The lowest BCUT2D eigenvalue weighted by atomic mass is 10.1. The van der Waals surface area contributed by atoms with Crippen LogP contribution < -0.4 is 5.32 Å². The summed E-state index contributed by atoms with van der Waals surface area (Å²) in [5.74, 6) is 1.52. The second kappa shape index (κ2) is 5.74. The molecule has 0 spiro atoms. The van der Waals surface area contributed by atoms with Gasteiger partial charge in [-0.1, -0.05) is 48.5 Å². The van der Waals surface area contributed by atoms with Crippen LogP contribution >= 0.6 is 0 Å². The largest absolute Gasteiger partial charge is 0.338 e. The second-order valence-electron chi connectivity index (χ2n) is 6.55. The van der Waals surface area contributed by atoms with Crippen LogP contribution in [0.4, 0.5) is 11.5 Å². The van der Waals surface area contributed by atoms with Gasteiger partial charge in [-0.05, 0) is 25.0 Å². The molecule has 4 aromatic rings. The number of anilines is 2. The van der Waals surface area contributed by atoms with Gasteiger partial charge in [0.05, 0.1) is 16.9 Å². The van der Waals surface area contributed by atoms with Gasteiger partial charge in [-0.25, -0.2) is 4.98 Å². The molecule has 2 N–H and O–H groups in total. The van der Waals surface area contributed by atoms with E-state index in [4.69, 9.17) is 4.98 Å². The molecule has 4 heteroatoms. The summed E-state index contributed by atoms with van der Waals surface area (Å²) in [7, 11) is 0. The van der Waals surface area contributed by atoms with Gasteiger partial charge in [-0.3, -0.25) is 5.10 Å². The first-order chi connectivity index (χ1) is 12.4. The van der Waals surface area contributed by atoms with Gasteiger partial charge in [-0.2, -0.15) is 5.10 Å². The zero-order valence-electron chi connectivity index (χ0n) is 13.7. The number of H-pyrrole nitrogens is 1. The maximum absolute atomic E-state index is 4.82. The fourth-order valence-corrected chi connectivity index (χ4v) is 3.18. The molecule has 1 aliphatic carbocycles. The quantitative estimate of drug-likeness (QED) is 0.539. The van der Waals surface area contributed by atoms with Crippen LogP contribution in [0.5, 0.6) is 0 Å². The molecule has 4 nitrogen and oxygen atoms in total. The van der Waals surface area contributed by atoms with Crippen LogP contribution in [0, 0.1) is 0 Å². The van der Waals surface area contributed by atoms with Crippen molar-refractivity contribution in [1.29, 1.82) is 0 Å². The Morgan fingerprint density at radius 3 is 2.56 bits per heavy atom. The Morgan fingerprint density at radius 1 is 0.920 bits per heavy atom. The third-order valence-electron chi connectivity index (χ3n) is 4.66. The summed E-state index contributed by atoms with van der Waals surface area (Å²) in [6.07, 6.45) is 2.52. The van der Waals surface area contributed by atoms with Crippen molar-refractivity contribution in [3.63, 3.8) is 0 Å². The number of rotatable bonds is 4. The summed E-state index contributed by atoms with van der Waals surface area (Å²) < 4.78 is 0. The van der Waals surface area contributed by atoms with Crippen LogP contribution in [0.15, 0.2) is 66.7 Å². The number of pyridine rings is 1. The molecule has 2 aromatic heterocycles. The number of hydrogen-bond acceptors (Lipinski definition) is 3. The number of nitrogens with one attached hydrogen (secondary N) is 2. The van der Waals surface area contributed by atoms with Gasteiger partial charge in [0.15, 0.2) is 5.82 Å². The van der Waals surface area contributed by atoms with E-state index in [1.807, 2.05) is 36.4 Å². The smallest absolute Gasteiger partial charge is 0.152 e. The molecule has 2 aromatic carbocycles. The highest BCUT2D eigenvalue weighted by molar-refractivity contribution is 5.95. The number of fused-ring (bicyclic) bond motifs is 1. The van der Waals surface area contributed by atoms with E-state index in [9.17, 15) is 0 Å². The Balaban J connectivity index is 1.59. The monoisotopic (exact) mass is 326 g/mol. The van der Waals surface area contributed by atoms with Gasteiger partial charge in [-0.15, -0.1) is 0 Å². The Bertz CT molecular complexity index is 1030. The number of hydrogen-bond donors (Lipinski definition) is 2. The molecule has 0 bridgehead atoms. The molecule has 2 heterocycles. The lowest BCUT2D eigenvalue weighted by Gasteiger charge is -2.10. The van der Waals surface area contributed by atoms with E-state index in [0.717, 1.165) is 33.7 Å². The summed E-state index contributed by atoms with van der Waals surface area (Å²) in [5, 5.41) is 12.2. The first-order valence-electron chi connectivity index (χ1n) is 8.64. The van der Waals surface area contributed by atoms with Crippen molar-refractivity contribution >= 4 is 22.4 Å². The predicted octanol–water partition coefficient (Wildman–Crippen LogP) is 5.25. The average Bonchev–Trinajstić information content (AvgIpc) is 3.42. The minimum absolute atomic E-state index is 0.664. The number of aromatic nitrogens is 3. The molecule has 0 atom stereocenters. The third-order valence-corrected chi connectivity index (χ3v) is 4.66. The molecular weight excluding hydrogens is 308 g/mol. The minimum atomic E-state index is 0.664. The molecule has 5 rings (SSSR count). The van der Waals surface area contributed by atoms with Crippen molar-refractivity contribution in [2.24, 2.45) is 0 Å². The minimum Gasteiger partial charge on any atom is -0.338 e. The maximum Gasteiger partial charge on any atom is 0.152 e. The number of para-hydroxylation sites is 1. The first kappa shape index (κ1) is 14.2. The van der Waals surface area contributed by atoms with Gasteiger partial charge >= 0.3 is 0 Å². The molecule has 0 radical (unpaired) electrons. The van der Waals surface area contributed by atoms with Crippen LogP contribution in [0.2, 0.25) is 0 Å². The van der Waals surface area contributed by atoms with Crippen LogP contribution in [-0.2, 0) is 0 Å². The molecule has 1 saturated carbocycles. The number of aromatic amines is 1. The summed E-state index contributed by atoms with van der Waals surface area (Å²) in [6.45, 7) is 0. The summed E-state index contributed by atoms with van der Waals surface area (Å²) >= 11 is 0. The Hall–Kier alpha value is -3.14. The van der Waals surface area contributed by atoms with Crippen molar-refractivity contribution in [2.45, 2.75) is 18.8 Å². The van der Waals surface area contributed by atoms with Gasteiger partial charge in [0.1, 0.15) is 0 Å². The molecule has 122 valence electrons. The van der Waals surface area contributed by atoms with Gasteiger partial charge in [0.25, 0.3) is 0 Å². The van der Waals surface area contributed by atoms with Crippen molar-refractivity contribution in [2.75, 3.05) is 5.32 Å². The van der Waals surface area contributed by atoms with E-state index in [-0.39, 0.29) is 0 Å². The predicted molar refractivity (Wildman–Crippen MR) is 101 cm³/mol.